The van der Waals surface area contributed by atoms with Gasteiger partial charge in [0, 0.05) is 18.0 Å². The second kappa shape index (κ2) is 4.63. The number of benzene rings is 1. The van der Waals surface area contributed by atoms with E-state index in [1.54, 1.807) is 22.9 Å². The zero-order valence-corrected chi connectivity index (χ0v) is 11.6. The van der Waals surface area contributed by atoms with Crippen molar-refractivity contribution in [3.63, 3.8) is 0 Å². The summed E-state index contributed by atoms with van der Waals surface area (Å²) in [7, 11) is 0. The molecule has 2 aromatic heterocycles. The molecule has 3 rings (SSSR count). The second-order valence-electron chi connectivity index (χ2n) is 4.29. The molecule has 0 aliphatic rings. The van der Waals surface area contributed by atoms with Crippen molar-refractivity contribution >= 4 is 21.6 Å². The molecule has 0 unspecified atom stereocenters. The van der Waals surface area contributed by atoms with E-state index in [9.17, 15) is 13.2 Å². The predicted octanol–water partition coefficient (Wildman–Crippen LogP) is 4.78. The molecule has 0 atom stereocenters. The number of aromatic nitrogens is 2. The van der Waals surface area contributed by atoms with Gasteiger partial charge in [-0.1, -0.05) is 12.1 Å². The molecule has 0 bridgehead atoms. The Balaban J connectivity index is 2.14. The zero-order valence-electron chi connectivity index (χ0n) is 10.0. The fourth-order valence-corrected chi connectivity index (χ4v) is 2.42. The molecule has 20 heavy (non-hydrogen) atoms. The molecule has 2 heterocycles. The number of hydrogen-bond acceptors (Lipinski definition) is 1. The molecule has 0 radical (unpaired) electrons. The molecular formula is C14H8BrF3N2. The van der Waals surface area contributed by atoms with Crippen LogP contribution in [-0.2, 0) is 6.18 Å². The van der Waals surface area contributed by atoms with Gasteiger partial charge < -0.3 is 4.40 Å². The number of rotatable bonds is 1. The van der Waals surface area contributed by atoms with Crippen molar-refractivity contribution in [1.82, 2.24) is 9.38 Å². The van der Waals surface area contributed by atoms with Crippen molar-refractivity contribution in [1.29, 1.82) is 0 Å². The maximum atomic E-state index is 12.7. The van der Waals surface area contributed by atoms with Gasteiger partial charge in [-0.25, -0.2) is 4.98 Å². The minimum absolute atomic E-state index is 0.440. The summed E-state index contributed by atoms with van der Waals surface area (Å²) in [5, 5.41) is 0. The van der Waals surface area contributed by atoms with Crippen molar-refractivity contribution in [3.8, 4) is 11.3 Å². The van der Waals surface area contributed by atoms with Gasteiger partial charge in [-0.15, -0.1) is 0 Å². The summed E-state index contributed by atoms with van der Waals surface area (Å²) in [6.45, 7) is 0. The largest absolute Gasteiger partial charge is 0.416 e. The average molecular weight is 341 g/mol. The number of imidazole rings is 1. The average Bonchev–Trinajstić information content (AvgIpc) is 2.83. The highest BCUT2D eigenvalue weighted by atomic mass is 79.9. The molecule has 0 aliphatic carbocycles. The van der Waals surface area contributed by atoms with E-state index in [0.29, 0.717) is 16.9 Å². The van der Waals surface area contributed by atoms with Crippen molar-refractivity contribution in [2.45, 2.75) is 6.18 Å². The van der Waals surface area contributed by atoms with Crippen LogP contribution in [0.15, 0.2) is 53.3 Å². The van der Waals surface area contributed by atoms with Crippen LogP contribution in [0.25, 0.3) is 16.9 Å². The molecule has 0 aliphatic heterocycles. The Morgan fingerprint density at radius 2 is 1.90 bits per heavy atom. The van der Waals surface area contributed by atoms with Crippen LogP contribution in [0.2, 0.25) is 0 Å². The molecule has 3 aromatic rings. The van der Waals surface area contributed by atoms with Gasteiger partial charge in [0.2, 0.25) is 0 Å². The third-order valence-corrected chi connectivity index (χ3v) is 3.54. The molecule has 2 nitrogen and oxygen atoms in total. The Bertz CT molecular complexity index is 777. The van der Waals surface area contributed by atoms with Crippen molar-refractivity contribution < 1.29 is 13.2 Å². The van der Waals surface area contributed by atoms with E-state index in [1.165, 1.54) is 6.07 Å². The van der Waals surface area contributed by atoms with Crippen LogP contribution in [0, 0.1) is 0 Å². The van der Waals surface area contributed by atoms with Crippen LogP contribution in [0.1, 0.15) is 5.56 Å². The minimum Gasteiger partial charge on any atom is -0.306 e. The SMILES string of the molecule is FC(F)(F)c1cccc(-c2cn3cccc(Br)c3n2)c1. The first-order valence-electron chi connectivity index (χ1n) is 5.76. The fraction of sp³-hybridized carbons (Fsp3) is 0.0714. The Labute approximate surface area is 121 Å². The summed E-state index contributed by atoms with van der Waals surface area (Å²) in [6.07, 6.45) is -0.852. The number of nitrogens with zero attached hydrogens (tertiary/aromatic N) is 2. The maximum Gasteiger partial charge on any atom is 0.416 e. The van der Waals surface area contributed by atoms with E-state index < -0.39 is 11.7 Å². The first-order chi connectivity index (χ1) is 9.45. The molecular weight excluding hydrogens is 333 g/mol. The molecule has 102 valence electrons. The van der Waals surface area contributed by atoms with Crippen LogP contribution in [0.5, 0.6) is 0 Å². The van der Waals surface area contributed by atoms with E-state index in [4.69, 9.17) is 0 Å². The summed E-state index contributed by atoms with van der Waals surface area (Å²) in [5.41, 5.74) is 0.935. The van der Waals surface area contributed by atoms with Gasteiger partial charge in [-0.3, -0.25) is 0 Å². The van der Waals surface area contributed by atoms with E-state index in [2.05, 4.69) is 20.9 Å². The predicted molar refractivity (Wildman–Crippen MR) is 73.3 cm³/mol. The molecule has 0 saturated heterocycles. The zero-order chi connectivity index (χ0) is 14.3. The summed E-state index contributed by atoms with van der Waals surface area (Å²) < 4.78 is 40.7. The lowest BCUT2D eigenvalue weighted by Crippen LogP contribution is -2.04. The lowest BCUT2D eigenvalue weighted by atomic mass is 10.1. The molecule has 0 fully saturated rings. The van der Waals surface area contributed by atoms with Crippen LogP contribution >= 0.6 is 15.9 Å². The van der Waals surface area contributed by atoms with E-state index >= 15 is 0 Å². The quantitative estimate of drug-likeness (QED) is 0.623. The topological polar surface area (TPSA) is 17.3 Å². The first kappa shape index (κ1) is 13.2. The van der Waals surface area contributed by atoms with E-state index in [-0.39, 0.29) is 0 Å². The van der Waals surface area contributed by atoms with E-state index in [1.807, 2.05) is 12.1 Å². The minimum atomic E-state index is -4.35. The number of alkyl halides is 3. The van der Waals surface area contributed by atoms with Crippen molar-refractivity contribution in [2.75, 3.05) is 0 Å². The number of halogens is 4. The maximum absolute atomic E-state index is 12.7. The van der Waals surface area contributed by atoms with Crippen LogP contribution in [0.4, 0.5) is 13.2 Å². The standard InChI is InChI=1S/C14H8BrF3N2/c15-11-5-2-6-20-8-12(19-13(11)20)9-3-1-4-10(7-9)14(16,17)18/h1-8H. The summed E-state index contributed by atoms with van der Waals surface area (Å²) in [5.74, 6) is 0. The van der Waals surface area contributed by atoms with Gasteiger partial charge in [0.25, 0.3) is 0 Å². The molecule has 0 amide bonds. The second-order valence-corrected chi connectivity index (χ2v) is 5.15. The lowest BCUT2D eigenvalue weighted by Gasteiger charge is -2.07. The van der Waals surface area contributed by atoms with Gasteiger partial charge in [0.05, 0.1) is 15.7 Å². The first-order valence-corrected chi connectivity index (χ1v) is 6.55. The highest BCUT2D eigenvalue weighted by Gasteiger charge is 2.30. The Hall–Kier alpha value is -1.82. The Morgan fingerprint density at radius 1 is 1.10 bits per heavy atom. The summed E-state index contributed by atoms with van der Waals surface area (Å²) in [6, 6.07) is 8.82. The lowest BCUT2D eigenvalue weighted by molar-refractivity contribution is -0.137. The number of fused-ring (bicyclic) bond motifs is 1. The monoisotopic (exact) mass is 340 g/mol. The van der Waals surface area contributed by atoms with Crippen molar-refractivity contribution in [3.05, 3.63) is 58.8 Å². The molecule has 1 aromatic carbocycles. The molecule has 6 heteroatoms. The third kappa shape index (κ3) is 2.31. The Kier molecular flexibility index (Phi) is 3.05. The molecule has 0 N–H and O–H groups in total. The highest BCUT2D eigenvalue weighted by Crippen LogP contribution is 2.32. The molecule has 0 saturated carbocycles. The summed E-state index contributed by atoms with van der Waals surface area (Å²) >= 11 is 3.37. The molecule has 0 spiro atoms. The van der Waals surface area contributed by atoms with Gasteiger partial charge in [-0.2, -0.15) is 13.2 Å². The smallest absolute Gasteiger partial charge is 0.306 e. The van der Waals surface area contributed by atoms with Crippen LogP contribution in [0.3, 0.4) is 0 Å². The van der Waals surface area contributed by atoms with E-state index in [0.717, 1.165) is 16.6 Å². The van der Waals surface area contributed by atoms with Crippen LogP contribution < -0.4 is 0 Å². The number of hydrogen-bond donors (Lipinski definition) is 0. The number of pyridine rings is 1. The summed E-state index contributed by atoms with van der Waals surface area (Å²) in [4.78, 5) is 4.35. The van der Waals surface area contributed by atoms with Gasteiger partial charge >= 0.3 is 6.18 Å². The van der Waals surface area contributed by atoms with Gasteiger partial charge in [0.15, 0.2) is 5.65 Å². The van der Waals surface area contributed by atoms with Crippen molar-refractivity contribution in [2.24, 2.45) is 0 Å². The van der Waals surface area contributed by atoms with Gasteiger partial charge in [-0.05, 0) is 40.2 Å². The third-order valence-electron chi connectivity index (χ3n) is 2.92. The van der Waals surface area contributed by atoms with Gasteiger partial charge in [0.1, 0.15) is 0 Å². The van der Waals surface area contributed by atoms with Crippen LogP contribution in [-0.4, -0.2) is 9.38 Å². The normalized spacial score (nSPS) is 12.0. The highest BCUT2D eigenvalue weighted by molar-refractivity contribution is 9.10. The fourth-order valence-electron chi connectivity index (χ4n) is 1.97. The Morgan fingerprint density at radius 3 is 2.60 bits per heavy atom.